The number of nitrogen functional groups attached to an aromatic ring is 1. The molecule has 0 unspecified atom stereocenters. The molecule has 0 spiro atoms. The van der Waals surface area contributed by atoms with Gasteiger partial charge in [-0.3, -0.25) is 4.79 Å². The Morgan fingerprint density at radius 2 is 2.25 bits per heavy atom. The fourth-order valence-corrected chi connectivity index (χ4v) is 2.67. The highest BCUT2D eigenvalue weighted by atomic mass is 16.1. The third-order valence-corrected chi connectivity index (χ3v) is 3.76. The molecule has 1 aliphatic carbocycles. The first-order chi connectivity index (χ1) is 9.72. The van der Waals surface area contributed by atoms with Gasteiger partial charge in [-0.25, -0.2) is 0 Å². The van der Waals surface area contributed by atoms with Crippen LogP contribution < -0.4 is 11.1 Å². The first kappa shape index (κ1) is 12.8. The average Bonchev–Trinajstić information content (AvgIpc) is 3.06. The number of hydrogen-bond donors (Lipinski definition) is 3. The van der Waals surface area contributed by atoms with Crippen LogP contribution in [0.5, 0.6) is 0 Å². The number of anilines is 1. The van der Waals surface area contributed by atoms with Crippen LogP contribution in [-0.2, 0) is 0 Å². The fraction of sp³-hybridized carbons (Fsp3) is 0.312. The van der Waals surface area contributed by atoms with Crippen molar-refractivity contribution in [2.75, 3.05) is 12.3 Å². The lowest BCUT2D eigenvalue weighted by atomic mass is 10.2. The van der Waals surface area contributed by atoms with E-state index < -0.39 is 0 Å². The zero-order valence-corrected chi connectivity index (χ0v) is 11.4. The normalized spacial score (nSPS) is 14.5. The number of benzene rings is 1. The number of fused-ring (bicyclic) bond motifs is 1. The molecule has 4 heteroatoms. The molecule has 4 N–H and O–H groups in total. The zero-order valence-electron chi connectivity index (χ0n) is 11.4. The Morgan fingerprint density at radius 3 is 3.05 bits per heavy atom. The van der Waals surface area contributed by atoms with Gasteiger partial charge in [-0.1, -0.05) is 11.6 Å². The van der Waals surface area contributed by atoms with E-state index in [-0.39, 0.29) is 5.91 Å². The zero-order chi connectivity index (χ0) is 13.9. The van der Waals surface area contributed by atoms with Crippen molar-refractivity contribution in [3.05, 3.63) is 41.6 Å². The minimum absolute atomic E-state index is 0.0571. The average molecular weight is 269 g/mol. The van der Waals surface area contributed by atoms with Gasteiger partial charge >= 0.3 is 0 Å². The second-order valence-electron chi connectivity index (χ2n) is 5.29. The van der Waals surface area contributed by atoms with Gasteiger partial charge in [-0.2, -0.15) is 0 Å². The predicted octanol–water partition coefficient (Wildman–Crippen LogP) is 2.98. The number of rotatable bonds is 4. The first-order valence-electron chi connectivity index (χ1n) is 7.07. The molecule has 0 atom stereocenters. The van der Waals surface area contributed by atoms with E-state index in [0.29, 0.717) is 17.9 Å². The van der Waals surface area contributed by atoms with Crippen molar-refractivity contribution in [3.63, 3.8) is 0 Å². The maximum atomic E-state index is 12.1. The molecule has 3 rings (SSSR count). The summed E-state index contributed by atoms with van der Waals surface area (Å²) in [5.41, 5.74) is 9.43. The molecule has 0 aliphatic heterocycles. The molecule has 0 saturated carbocycles. The molecule has 1 aromatic carbocycles. The number of carbonyl (C=O) groups excluding carboxylic acids is 1. The summed E-state index contributed by atoms with van der Waals surface area (Å²) >= 11 is 0. The SMILES string of the molecule is Nc1ccc2[nH]c(C(=O)NCCC3=CCCC3)cc2c1. The molecule has 1 amide bonds. The molecular weight excluding hydrogens is 250 g/mol. The van der Waals surface area contributed by atoms with Gasteiger partial charge in [-0.15, -0.1) is 0 Å². The quantitative estimate of drug-likeness (QED) is 0.590. The Labute approximate surface area is 118 Å². The van der Waals surface area contributed by atoms with Crippen LogP contribution in [0, 0.1) is 0 Å². The van der Waals surface area contributed by atoms with Crippen LogP contribution in [-0.4, -0.2) is 17.4 Å². The number of aromatic nitrogens is 1. The van der Waals surface area contributed by atoms with Gasteiger partial charge in [0.05, 0.1) is 0 Å². The van der Waals surface area contributed by atoms with Gasteiger partial charge in [0, 0.05) is 23.1 Å². The molecule has 0 fully saturated rings. The third-order valence-electron chi connectivity index (χ3n) is 3.76. The molecule has 1 aromatic heterocycles. The maximum Gasteiger partial charge on any atom is 0.267 e. The van der Waals surface area contributed by atoms with E-state index in [1.54, 1.807) is 0 Å². The van der Waals surface area contributed by atoms with Crippen LogP contribution in [0.1, 0.15) is 36.2 Å². The van der Waals surface area contributed by atoms with Crippen LogP contribution in [0.15, 0.2) is 35.9 Å². The number of hydrogen-bond acceptors (Lipinski definition) is 2. The van der Waals surface area contributed by atoms with Crippen molar-refractivity contribution < 1.29 is 4.79 Å². The smallest absolute Gasteiger partial charge is 0.267 e. The van der Waals surface area contributed by atoms with E-state index in [1.807, 2.05) is 24.3 Å². The number of carbonyl (C=O) groups is 1. The fourth-order valence-electron chi connectivity index (χ4n) is 2.67. The van der Waals surface area contributed by atoms with Crippen LogP contribution in [0.2, 0.25) is 0 Å². The molecule has 0 saturated heterocycles. The Hall–Kier alpha value is -2.23. The Kier molecular flexibility index (Phi) is 3.46. The summed E-state index contributed by atoms with van der Waals surface area (Å²) in [5.74, 6) is -0.0571. The van der Waals surface area contributed by atoms with Gasteiger partial charge in [0.1, 0.15) is 5.69 Å². The summed E-state index contributed by atoms with van der Waals surface area (Å²) in [6.45, 7) is 0.697. The number of nitrogens with one attached hydrogen (secondary N) is 2. The monoisotopic (exact) mass is 269 g/mol. The lowest BCUT2D eigenvalue weighted by Gasteiger charge is -2.04. The first-order valence-corrected chi connectivity index (χ1v) is 7.07. The van der Waals surface area contributed by atoms with Gasteiger partial charge in [-0.05, 0) is 49.9 Å². The summed E-state index contributed by atoms with van der Waals surface area (Å²) in [4.78, 5) is 15.2. The minimum Gasteiger partial charge on any atom is -0.399 e. The molecule has 2 aromatic rings. The Bertz CT molecular complexity index is 669. The molecule has 4 nitrogen and oxygen atoms in total. The van der Waals surface area contributed by atoms with Gasteiger partial charge in [0.25, 0.3) is 5.91 Å². The van der Waals surface area contributed by atoms with Crippen LogP contribution in [0.25, 0.3) is 10.9 Å². The third kappa shape index (κ3) is 2.69. The molecule has 104 valence electrons. The minimum atomic E-state index is -0.0571. The number of allylic oxidation sites excluding steroid dienone is 1. The van der Waals surface area contributed by atoms with Crippen molar-refractivity contribution in [3.8, 4) is 0 Å². The number of H-pyrrole nitrogens is 1. The topological polar surface area (TPSA) is 70.9 Å². The summed E-state index contributed by atoms with van der Waals surface area (Å²) < 4.78 is 0. The summed E-state index contributed by atoms with van der Waals surface area (Å²) in [7, 11) is 0. The number of amides is 1. The van der Waals surface area contributed by atoms with E-state index in [2.05, 4.69) is 16.4 Å². The van der Waals surface area contributed by atoms with Crippen molar-refractivity contribution in [1.82, 2.24) is 10.3 Å². The second-order valence-corrected chi connectivity index (χ2v) is 5.29. The molecule has 0 radical (unpaired) electrons. The van der Waals surface area contributed by atoms with Crippen LogP contribution >= 0.6 is 0 Å². The van der Waals surface area contributed by atoms with E-state index in [1.165, 1.54) is 24.8 Å². The van der Waals surface area contributed by atoms with Crippen LogP contribution in [0.3, 0.4) is 0 Å². The van der Waals surface area contributed by atoms with E-state index >= 15 is 0 Å². The standard InChI is InChI=1S/C16H19N3O/c17-13-5-6-14-12(9-13)10-15(19-14)16(20)18-8-7-11-3-1-2-4-11/h3,5-6,9-10,19H,1-2,4,7-8,17H2,(H,18,20). The van der Waals surface area contributed by atoms with Gasteiger partial charge < -0.3 is 16.0 Å². The maximum absolute atomic E-state index is 12.1. The van der Waals surface area contributed by atoms with Gasteiger partial charge in [0.15, 0.2) is 0 Å². The summed E-state index contributed by atoms with van der Waals surface area (Å²) in [6.07, 6.45) is 6.87. The predicted molar refractivity (Wildman–Crippen MR) is 81.6 cm³/mol. The molecule has 20 heavy (non-hydrogen) atoms. The van der Waals surface area contributed by atoms with Crippen molar-refractivity contribution in [2.45, 2.75) is 25.7 Å². The highest BCUT2D eigenvalue weighted by Crippen LogP contribution is 2.20. The summed E-state index contributed by atoms with van der Waals surface area (Å²) in [6, 6.07) is 7.43. The van der Waals surface area contributed by atoms with Crippen molar-refractivity contribution in [1.29, 1.82) is 0 Å². The molecule has 0 bridgehead atoms. The van der Waals surface area contributed by atoms with E-state index in [4.69, 9.17) is 5.73 Å². The van der Waals surface area contributed by atoms with Crippen LogP contribution in [0.4, 0.5) is 5.69 Å². The molecule has 1 heterocycles. The Balaban J connectivity index is 1.63. The van der Waals surface area contributed by atoms with Crippen molar-refractivity contribution in [2.24, 2.45) is 0 Å². The number of aromatic amines is 1. The lowest BCUT2D eigenvalue weighted by Crippen LogP contribution is -2.24. The largest absolute Gasteiger partial charge is 0.399 e. The molecule has 1 aliphatic rings. The number of nitrogens with two attached hydrogens (primary N) is 1. The highest BCUT2D eigenvalue weighted by Gasteiger charge is 2.10. The van der Waals surface area contributed by atoms with E-state index in [0.717, 1.165) is 17.3 Å². The Morgan fingerprint density at radius 1 is 1.35 bits per heavy atom. The van der Waals surface area contributed by atoms with E-state index in [9.17, 15) is 4.79 Å². The highest BCUT2D eigenvalue weighted by molar-refractivity contribution is 5.98. The van der Waals surface area contributed by atoms with Crippen molar-refractivity contribution >= 4 is 22.5 Å². The molecular formula is C16H19N3O. The second kappa shape index (κ2) is 5.41. The lowest BCUT2D eigenvalue weighted by molar-refractivity contribution is 0.0950. The van der Waals surface area contributed by atoms with Gasteiger partial charge in [0.2, 0.25) is 0 Å². The summed E-state index contributed by atoms with van der Waals surface area (Å²) in [5, 5.41) is 3.93.